The standard InChI is InChI=1S/C19H20N2O2/c1-12-8-9-16-15(10-12)13(2)18(21-16)19(22)20-11-14-6-4-5-7-17(14)23-3/h4-10,21H,11H2,1-3H3,(H,20,22). The molecule has 0 aliphatic heterocycles. The van der Waals surface area contributed by atoms with Crippen molar-refractivity contribution in [3.05, 3.63) is 64.8 Å². The molecular formula is C19H20N2O2. The average molecular weight is 308 g/mol. The number of aryl methyl sites for hydroxylation is 2. The van der Waals surface area contributed by atoms with Crippen molar-refractivity contribution in [2.24, 2.45) is 0 Å². The Morgan fingerprint density at radius 1 is 1.17 bits per heavy atom. The van der Waals surface area contributed by atoms with Gasteiger partial charge in [-0.05, 0) is 37.6 Å². The molecular weight excluding hydrogens is 288 g/mol. The number of carbonyl (C=O) groups is 1. The Morgan fingerprint density at radius 3 is 2.74 bits per heavy atom. The summed E-state index contributed by atoms with van der Waals surface area (Å²) >= 11 is 0. The smallest absolute Gasteiger partial charge is 0.268 e. The van der Waals surface area contributed by atoms with Crippen LogP contribution in [-0.4, -0.2) is 18.0 Å². The molecule has 1 heterocycles. The van der Waals surface area contributed by atoms with Gasteiger partial charge in [0.15, 0.2) is 0 Å². The van der Waals surface area contributed by atoms with Gasteiger partial charge in [-0.15, -0.1) is 0 Å². The molecule has 3 rings (SSSR count). The predicted octanol–water partition coefficient (Wildman–Crippen LogP) is 3.72. The van der Waals surface area contributed by atoms with Crippen LogP contribution in [-0.2, 0) is 6.54 Å². The maximum absolute atomic E-state index is 12.5. The molecule has 0 aliphatic rings. The Balaban J connectivity index is 1.82. The van der Waals surface area contributed by atoms with E-state index in [2.05, 4.69) is 16.4 Å². The number of methoxy groups -OCH3 is 1. The molecule has 4 heteroatoms. The molecule has 0 spiro atoms. The Bertz CT molecular complexity index is 865. The van der Waals surface area contributed by atoms with Crippen LogP contribution in [0, 0.1) is 13.8 Å². The van der Waals surface area contributed by atoms with Crippen molar-refractivity contribution in [3.8, 4) is 5.75 Å². The third-order valence-corrected chi connectivity index (χ3v) is 4.07. The van der Waals surface area contributed by atoms with Crippen molar-refractivity contribution < 1.29 is 9.53 Å². The van der Waals surface area contributed by atoms with Crippen LogP contribution in [0.25, 0.3) is 10.9 Å². The van der Waals surface area contributed by atoms with E-state index in [1.165, 1.54) is 5.56 Å². The lowest BCUT2D eigenvalue weighted by atomic mass is 10.1. The number of benzene rings is 2. The molecule has 0 radical (unpaired) electrons. The van der Waals surface area contributed by atoms with E-state index in [1.54, 1.807) is 7.11 Å². The van der Waals surface area contributed by atoms with E-state index in [4.69, 9.17) is 4.74 Å². The predicted molar refractivity (Wildman–Crippen MR) is 91.9 cm³/mol. The second-order valence-electron chi connectivity index (χ2n) is 5.67. The van der Waals surface area contributed by atoms with Crippen LogP contribution in [0.3, 0.4) is 0 Å². The van der Waals surface area contributed by atoms with E-state index in [0.717, 1.165) is 27.8 Å². The van der Waals surface area contributed by atoms with Gasteiger partial charge >= 0.3 is 0 Å². The molecule has 118 valence electrons. The van der Waals surface area contributed by atoms with Crippen LogP contribution >= 0.6 is 0 Å². The van der Waals surface area contributed by atoms with Crippen LogP contribution in [0.15, 0.2) is 42.5 Å². The van der Waals surface area contributed by atoms with Gasteiger partial charge in [-0.2, -0.15) is 0 Å². The van der Waals surface area contributed by atoms with Crippen LogP contribution in [0.2, 0.25) is 0 Å². The summed E-state index contributed by atoms with van der Waals surface area (Å²) in [6.07, 6.45) is 0. The van der Waals surface area contributed by atoms with Gasteiger partial charge in [0, 0.05) is 23.0 Å². The van der Waals surface area contributed by atoms with Gasteiger partial charge < -0.3 is 15.0 Å². The summed E-state index contributed by atoms with van der Waals surface area (Å²) in [5.41, 5.74) is 4.70. The Hall–Kier alpha value is -2.75. The number of carbonyl (C=O) groups excluding carboxylic acids is 1. The van der Waals surface area contributed by atoms with Crippen LogP contribution in [0.5, 0.6) is 5.75 Å². The Morgan fingerprint density at radius 2 is 1.96 bits per heavy atom. The average Bonchev–Trinajstić information content (AvgIpc) is 2.89. The molecule has 3 aromatic rings. The molecule has 4 nitrogen and oxygen atoms in total. The van der Waals surface area contributed by atoms with Crippen LogP contribution in [0.1, 0.15) is 27.2 Å². The number of aromatic nitrogens is 1. The van der Waals surface area contributed by atoms with E-state index in [1.807, 2.05) is 50.2 Å². The van der Waals surface area contributed by atoms with Crippen LogP contribution in [0.4, 0.5) is 0 Å². The molecule has 0 saturated heterocycles. The highest BCUT2D eigenvalue weighted by Crippen LogP contribution is 2.23. The fraction of sp³-hybridized carbons (Fsp3) is 0.211. The number of hydrogen-bond acceptors (Lipinski definition) is 2. The van der Waals surface area contributed by atoms with Crippen molar-refractivity contribution in [3.63, 3.8) is 0 Å². The number of fused-ring (bicyclic) bond motifs is 1. The number of H-pyrrole nitrogens is 1. The fourth-order valence-corrected chi connectivity index (χ4v) is 2.78. The lowest BCUT2D eigenvalue weighted by molar-refractivity contribution is 0.0946. The second-order valence-corrected chi connectivity index (χ2v) is 5.67. The van der Waals surface area contributed by atoms with Crippen LogP contribution < -0.4 is 10.1 Å². The second kappa shape index (κ2) is 6.16. The van der Waals surface area contributed by atoms with Gasteiger partial charge in [0.05, 0.1) is 7.11 Å². The summed E-state index contributed by atoms with van der Waals surface area (Å²) < 4.78 is 5.31. The highest BCUT2D eigenvalue weighted by Gasteiger charge is 2.15. The van der Waals surface area contributed by atoms with Gasteiger partial charge in [0.2, 0.25) is 0 Å². The van der Waals surface area contributed by atoms with E-state index in [-0.39, 0.29) is 5.91 Å². The summed E-state index contributed by atoms with van der Waals surface area (Å²) in [6, 6.07) is 13.8. The molecule has 0 bridgehead atoms. The van der Waals surface area contributed by atoms with Gasteiger partial charge in [-0.1, -0.05) is 29.8 Å². The first-order valence-electron chi connectivity index (χ1n) is 7.59. The molecule has 1 amide bonds. The third-order valence-electron chi connectivity index (χ3n) is 4.07. The largest absolute Gasteiger partial charge is 0.496 e. The lowest BCUT2D eigenvalue weighted by Gasteiger charge is -2.09. The zero-order valence-corrected chi connectivity index (χ0v) is 13.6. The number of para-hydroxylation sites is 1. The van der Waals surface area contributed by atoms with E-state index >= 15 is 0 Å². The first kappa shape index (κ1) is 15.2. The molecule has 1 aromatic heterocycles. The molecule has 0 unspecified atom stereocenters. The van der Waals surface area contributed by atoms with Crippen molar-refractivity contribution in [2.75, 3.05) is 7.11 Å². The SMILES string of the molecule is COc1ccccc1CNC(=O)c1[nH]c2ccc(C)cc2c1C. The summed E-state index contributed by atoms with van der Waals surface area (Å²) in [4.78, 5) is 15.7. The zero-order chi connectivity index (χ0) is 16.4. The number of aromatic amines is 1. The summed E-state index contributed by atoms with van der Waals surface area (Å²) in [5.74, 6) is 0.666. The fourth-order valence-electron chi connectivity index (χ4n) is 2.78. The van der Waals surface area contributed by atoms with Crippen molar-refractivity contribution >= 4 is 16.8 Å². The Labute approximate surface area is 135 Å². The minimum absolute atomic E-state index is 0.109. The number of rotatable bonds is 4. The van der Waals surface area contributed by atoms with Gasteiger partial charge in [0.25, 0.3) is 5.91 Å². The lowest BCUT2D eigenvalue weighted by Crippen LogP contribution is -2.24. The minimum Gasteiger partial charge on any atom is -0.496 e. The Kier molecular flexibility index (Phi) is 4.06. The monoisotopic (exact) mass is 308 g/mol. The van der Waals surface area contributed by atoms with E-state index < -0.39 is 0 Å². The first-order valence-corrected chi connectivity index (χ1v) is 7.59. The van der Waals surface area contributed by atoms with Crippen molar-refractivity contribution in [1.29, 1.82) is 0 Å². The van der Waals surface area contributed by atoms with Crippen molar-refractivity contribution in [2.45, 2.75) is 20.4 Å². The molecule has 0 saturated carbocycles. The number of amides is 1. The molecule has 0 atom stereocenters. The van der Waals surface area contributed by atoms with Gasteiger partial charge in [-0.3, -0.25) is 4.79 Å². The maximum Gasteiger partial charge on any atom is 0.268 e. The summed E-state index contributed by atoms with van der Waals surface area (Å²) in [7, 11) is 1.63. The maximum atomic E-state index is 12.5. The topological polar surface area (TPSA) is 54.1 Å². The molecule has 0 fully saturated rings. The van der Waals surface area contributed by atoms with E-state index in [9.17, 15) is 4.79 Å². The van der Waals surface area contributed by atoms with E-state index in [0.29, 0.717) is 12.2 Å². The first-order chi connectivity index (χ1) is 11.1. The van der Waals surface area contributed by atoms with Gasteiger partial charge in [0.1, 0.15) is 11.4 Å². The highest BCUT2D eigenvalue weighted by molar-refractivity contribution is 6.01. The summed E-state index contributed by atoms with van der Waals surface area (Å²) in [6.45, 7) is 4.44. The third kappa shape index (κ3) is 2.93. The molecule has 0 aliphatic carbocycles. The zero-order valence-electron chi connectivity index (χ0n) is 13.6. The minimum atomic E-state index is -0.109. The molecule has 2 aromatic carbocycles. The molecule has 23 heavy (non-hydrogen) atoms. The normalized spacial score (nSPS) is 10.7. The van der Waals surface area contributed by atoms with Gasteiger partial charge in [-0.25, -0.2) is 0 Å². The van der Waals surface area contributed by atoms with Crippen molar-refractivity contribution in [1.82, 2.24) is 10.3 Å². The summed E-state index contributed by atoms with van der Waals surface area (Å²) in [5, 5.41) is 4.05. The number of ether oxygens (including phenoxy) is 1. The quantitative estimate of drug-likeness (QED) is 0.771. The number of nitrogens with one attached hydrogen (secondary N) is 2. The number of hydrogen-bond donors (Lipinski definition) is 2. The highest BCUT2D eigenvalue weighted by atomic mass is 16.5. The molecule has 2 N–H and O–H groups in total.